The maximum Gasteiger partial charge on any atom is 0.263 e. The number of hydrogen-bond donors (Lipinski definition) is 0. The maximum atomic E-state index is 12.7. The van der Waals surface area contributed by atoms with Crippen LogP contribution in [0.15, 0.2) is 4.79 Å². The second-order valence-corrected chi connectivity index (χ2v) is 5.99. The SMILES string of the molecule is C#CCn1c(CCOC)nc2sc3c(c2c1=O)CCC3. The van der Waals surface area contributed by atoms with Crippen LogP contribution in [0.1, 0.15) is 22.7 Å². The molecule has 2 heterocycles. The molecule has 0 saturated carbocycles. The Morgan fingerprint density at radius 2 is 2.35 bits per heavy atom. The highest BCUT2D eigenvalue weighted by molar-refractivity contribution is 7.18. The van der Waals surface area contributed by atoms with E-state index in [1.165, 1.54) is 10.4 Å². The van der Waals surface area contributed by atoms with Gasteiger partial charge in [-0.05, 0) is 24.8 Å². The number of terminal acetylenes is 1. The molecule has 1 aliphatic carbocycles. The zero-order valence-corrected chi connectivity index (χ0v) is 12.3. The van der Waals surface area contributed by atoms with E-state index in [1.54, 1.807) is 23.0 Å². The van der Waals surface area contributed by atoms with Gasteiger partial charge in [-0.15, -0.1) is 17.8 Å². The number of methoxy groups -OCH3 is 1. The van der Waals surface area contributed by atoms with Crippen molar-refractivity contribution in [2.75, 3.05) is 13.7 Å². The van der Waals surface area contributed by atoms with Crippen molar-refractivity contribution in [1.29, 1.82) is 0 Å². The molecule has 4 nitrogen and oxygen atoms in total. The van der Waals surface area contributed by atoms with Crippen molar-refractivity contribution in [3.8, 4) is 12.3 Å². The summed E-state index contributed by atoms with van der Waals surface area (Å²) in [4.78, 5) is 19.6. The van der Waals surface area contributed by atoms with Gasteiger partial charge in [0, 0.05) is 18.4 Å². The fourth-order valence-electron chi connectivity index (χ4n) is 2.76. The van der Waals surface area contributed by atoms with Crippen molar-refractivity contribution in [2.24, 2.45) is 0 Å². The van der Waals surface area contributed by atoms with Gasteiger partial charge in [-0.25, -0.2) is 4.98 Å². The van der Waals surface area contributed by atoms with Gasteiger partial charge in [0.15, 0.2) is 0 Å². The van der Waals surface area contributed by atoms with Gasteiger partial charge in [-0.3, -0.25) is 9.36 Å². The Morgan fingerprint density at radius 3 is 3.10 bits per heavy atom. The monoisotopic (exact) mass is 288 g/mol. The Morgan fingerprint density at radius 1 is 1.50 bits per heavy atom. The van der Waals surface area contributed by atoms with E-state index in [1.807, 2.05) is 0 Å². The average molecular weight is 288 g/mol. The molecule has 0 bridgehead atoms. The maximum absolute atomic E-state index is 12.7. The molecular weight excluding hydrogens is 272 g/mol. The minimum Gasteiger partial charge on any atom is -0.384 e. The summed E-state index contributed by atoms with van der Waals surface area (Å²) in [6.07, 6.45) is 9.19. The van der Waals surface area contributed by atoms with E-state index in [9.17, 15) is 4.79 Å². The summed E-state index contributed by atoms with van der Waals surface area (Å²) in [5, 5.41) is 0.791. The lowest BCUT2D eigenvalue weighted by Crippen LogP contribution is -2.25. The summed E-state index contributed by atoms with van der Waals surface area (Å²) in [5.41, 5.74) is 1.21. The molecule has 0 fully saturated rings. The van der Waals surface area contributed by atoms with Gasteiger partial charge < -0.3 is 4.74 Å². The molecule has 0 radical (unpaired) electrons. The van der Waals surface area contributed by atoms with Gasteiger partial charge >= 0.3 is 0 Å². The number of fused-ring (bicyclic) bond motifs is 3. The summed E-state index contributed by atoms with van der Waals surface area (Å²) in [6.45, 7) is 0.805. The molecule has 3 rings (SSSR count). The molecule has 0 spiro atoms. The average Bonchev–Trinajstić information content (AvgIpc) is 3.00. The molecule has 1 aliphatic rings. The summed E-state index contributed by atoms with van der Waals surface area (Å²) >= 11 is 1.66. The molecule has 0 N–H and O–H groups in total. The molecule has 5 heteroatoms. The highest BCUT2D eigenvalue weighted by Crippen LogP contribution is 2.34. The van der Waals surface area contributed by atoms with Crippen molar-refractivity contribution in [1.82, 2.24) is 9.55 Å². The Kier molecular flexibility index (Phi) is 3.60. The first-order chi connectivity index (χ1) is 9.76. The van der Waals surface area contributed by atoms with Gasteiger partial charge in [0.2, 0.25) is 0 Å². The zero-order chi connectivity index (χ0) is 14.1. The van der Waals surface area contributed by atoms with E-state index in [4.69, 9.17) is 11.2 Å². The van der Waals surface area contributed by atoms with E-state index in [2.05, 4.69) is 10.9 Å². The normalized spacial score (nSPS) is 13.6. The van der Waals surface area contributed by atoms with Crippen LogP contribution in [0.3, 0.4) is 0 Å². The van der Waals surface area contributed by atoms with E-state index >= 15 is 0 Å². The van der Waals surface area contributed by atoms with E-state index in [0.717, 1.165) is 35.3 Å². The van der Waals surface area contributed by atoms with Gasteiger partial charge in [0.05, 0.1) is 18.5 Å². The number of aromatic nitrogens is 2. The van der Waals surface area contributed by atoms with Crippen molar-refractivity contribution < 1.29 is 4.74 Å². The van der Waals surface area contributed by atoms with Crippen LogP contribution in [0, 0.1) is 12.3 Å². The van der Waals surface area contributed by atoms with Crippen LogP contribution in [-0.4, -0.2) is 23.3 Å². The number of hydrogen-bond acceptors (Lipinski definition) is 4. The lowest BCUT2D eigenvalue weighted by Gasteiger charge is -2.09. The zero-order valence-electron chi connectivity index (χ0n) is 11.4. The second-order valence-electron chi connectivity index (χ2n) is 4.90. The third-order valence-corrected chi connectivity index (χ3v) is 4.87. The minimum atomic E-state index is 0.0125. The van der Waals surface area contributed by atoms with Crippen molar-refractivity contribution in [3.63, 3.8) is 0 Å². The lowest BCUT2D eigenvalue weighted by atomic mass is 10.2. The Hall–Kier alpha value is -1.64. The molecule has 2 aromatic rings. The van der Waals surface area contributed by atoms with Crippen molar-refractivity contribution in [2.45, 2.75) is 32.2 Å². The molecule has 0 atom stereocenters. The first-order valence-electron chi connectivity index (χ1n) is 6.72. The third kappa shape index (κ3) is 2.05. The number of ether oxygens (including phenoxy) is 1. The highest BCUT2D eigenvalue weighted by atomic mass is 32.1. The predicted octanol–water partition coefficient (Wildman–Crippen LogP) is 1.77. The third-order valence-electron chi connectivity index (χ3n) is 3.68. The van der Waals surface area contributed by atoms with Crippen LogP contribution >= 0.6 is 11.3 Å². The lowest BCUT2D eigenvalue weighted by molar-refractivity contribution is 0.199. The van der Waals surface area contributed by atoms with Gasteiger partial charge in [-0.1, -0.05) is 5.92 Å². The Balaban J connectivity index is 2.22. The van der Waals surface area contributed by atoms with Crippen LogP contribution in [0.25, 0.3) is 10.2 Å². The predicted molar refractivity (Wildman–Crippen MR) is 80.3 cm³/mol. The molecule has 0 amide bonds. The highest BCUT2D eigenvalue weighted by Gasteiger charge is 2.22. The van der Waals surface area contributed by atoms with Crippen LogP contribution in [0.5, 0.6) is 0 Å². The molecule has 2 aromatic heterocycles. The van der Waals surface area contributed by atoms with Crippen LogP contribution in [-0.2, 0) is 30.5 Å². The smallest absolute Gasteiger partial charge is 0.263 e. The Bertz CT molecular complexity index is 752. The van der Waals surface area contributed by atoms with Gasteiger partial charge in [-0.2, -0.15) is 0 Å². The fourth-order valence-corrected chi connectivity index (χ4v) is 4.03. The van der Waals surface area contributed by atoms with E-state index in [0.29, 0.717) is 13.0 Å². The summed E-state index contributed by atoms with van der Waals surface area (Å²) in [6, 6.07) is 0. The Labute approximate surface area is 121 Å². The quantitative estimate of drug-likeness (QED) is 0.805. The molecule has 0 unspecified atom stereocenters. The summed E-state index contributed by atoms with van der Waals surface area (Å²) in [5.74, 6) is 3.28. The van der Waals surface area contributed by atoms with E-state index in [-0.39, 0.29) is 12.1 Å². The molecule has 0 saturated heterocycles. The molecule has 20 heavy (non-hydrogen) atoms. The van der Waals surface area contributed by atoms with Gasteiger partial charge in [0.1, 0.15) is 10.7 Å². The van der Waals surface area contributed by atoms with Crippen LogP contribution < -0.4 is 5.56 Å². The summed E-state index contributed by atoms with van der Waals surface area (Å²) < 4.78 is 6.71. The minimum absolute atomic E-state index is 0.0125. The first-order valence-corrected chi connectivity index (χ1v) is 7.54. The van der Waals surface area contributed by atoms with Crippen molar-refractivity contribution in [3.05, 3.63) is 26.6 Å². The topological polar surface area (TPSA) is 44.1 Å². The number of rotatable bonds is 4. The molecular formula is C15H16N2O2S. The van der Waals surface area contributed by atoms with Crippen LogP contribution in [0.4, 0.5) is 0 Å². The number of nitrogens with zero attached hydrogens (tertiary/aromatic N) is 2. The fraction of sp³-hybridized carbons (Fsp3) is 0.467. The van der Waals surface area contributed by atoms with E-state index < -0.39 is 0 Å². The molecule has 0 aliphatic heterocycles. The standard InChI is InChI=1S/C15H16N2O2S/c1-3-8-17-12(7-9-19-2)16-14-13(15(17)18)10-5-4-6-11(10)20-14/h1H,4-9H2,2H3. The largest absolute Gasteiger partial charge is 0.384 e. The summed E-state index contributed by atoms with van der Waals surface area (Å²) in [7, 11) is 1.64. The number of aryl methyl sites for hydroxylation is 2. The first kappa shape index (κ1) is 13.3. The molecule has 0 aromatic carbocycles. The van der Waals surface area contributed by atoms with Crippen molar-refractivity contribution >= 4 is 21.6 Å². The number of thiophene rings is 1. The van der Waals surface area contributed by atoms with Crippen LogP contribution in [0.2, 0.25) is 0 Å². The molecule has 104 valence electrons. The van der Waals surface area contributed by atoms with Gasteiger partial charge in [0.25, 0.3) is 5.56 Å². The second kappa shape index (κ2) is 5.39.